The van der Waals surface area contributed by atoms with Gasteiger partial charge in [0.15, 0.2) is 0 Å². The molecule has 0 aliphatic rings. The molecule has 0 aliphatic heterocycles. The van der Waals surface area contributed by atoms with Gasteiger partial charge < -0.3 is 5.73 Å². The minimum absolute atomic E-state index is 0.296. The van der Waals surface area contributed by atoms with Crippen molar-refractivity contribution < 1.29 is 4.39 Å². The number of hydrogen-bond donors (Lipinski definition) is 1. The molecule has 0 spiro atoms. The first-order valence-electron chi connectivity index (χ1n) is 4.94. The summed E-state index contributed by atoms with van der Waals surface area (Å²) >= 11 is 0. The van der Waals surface area contributed by atoms with Gasteiger partial charge in [0.2, 0.25) is 0 Å². The molecular formula is C12H13FN2. The quantitative estimate of drug-likeness (QED) is 0.775. The topological polar surface area (TPSA) is 38.9 Å². The third kappa shape index (κ3) is 1.65. The number of halogens is 1. The van der Waals surface area contributed by atoms with Gasteiger partial charge in [0, 0.05) is 5.39 Å². The van der Waals surface area contributed by atoms with Crippen LogP contribution in [0.1, 0.15) is 25.3 Å². The summed E-state index contributed by atoms with van der Waals surface area (Å²) in [6.45, 7) is 4.08. The Bertz CT molecular complexity index is 506. The van der Waals surface area contributed by atoms with Crippen LogP contribution >= 0.6 is 0 Å². The molecule has 1 aromatic carbocycles. The minimum atomic E-state index is -0.325. The van der Waals surface area contributed by atoms with E-state index in [1.807, 2.05) is 26.0 Å². The number of aromatic nitrogens is 1. The van der Waals surface area contributed by atoms with E-state index in [1.54, 1.807) is 6.07 Å². The van der Waals surface area contributed by atoms with Gasteiger partial charge in [-0.1, -0.05) is 26.0 Å². The highest BCUT2D eigenvalue weighted by molar-refractivity contribution is 5.82. The average molecular weight is 204 g/mol. The van der Waals surface area contributed by atoms with Crippen molar-refractivity contribution in [2.75, 3.05) is 5.73 Å². The van der Waals surface area contributed by atoms with Crippen LogP contribution in [0.15, 0.2) is 24.3 Å². The van der Waals surface area contributed by atoms with Crippen LogP contribution in [-0.2, 0) is 0 Å². The lowest BCUT2D eigenvalue weighted by Crippen LogP contribution is -2.00. The van der Waals surface area contributed by atoms with Crippen LogP contribution in [-0.4, -0.2) is 4.98 Å². The molecule has 1 heterocycles. The molecule has 0 radical (unpaired) electrons. The van der Waals surface area contributed by atoms with Crippen LogP contribution in [0, 0.1) is 5.82 Å². The maximum Gasteiger partial charge on any atom is 0.149 e. The normalized spacial score (nSPS) is 11.2. The van der Waals surface area contributed by atoms with Crippen molar-refractivity contribution in [3.8, 4) is 0 Å². The van der Waals surface area contributed by atoms with Crippen molar-refractivity contribution in [3.63, 3.8) is 0 Å². The Morgan fingerprint density at radius 3 is 2.73 bits per heavy atom. The molecule has 0 aliphatic carbocycles. The summed E-state index contributed by atoms with van der Waals surface area (Å²) in [4.78, 5) is 4.10. The monoisotopic (exact) mass is 204 g/mol. The van der Waals surface area contributed by atoms with E-state index >= 15 is 0 Å². The van der Waals surface area contributed by atoms with Gasteiger partial charge in [0.05, 0.1) is 0 Å². The summed E-state index contributed by atoms with van der Waals surface area (Å²) in [5, 5.41) is 0.799. The first-order chi connectivity index (χ1) is 7.09. The van der Waals surface area contributed by atoms with Crippen molar-refractivity contribution >= 4 is 16.7 Å². The number of rotatable bonds is 1. The van der Waals surface area contributed by atoms with Crippen LogP contribution in [0.2, 0.25) is 0 Å². The molecule has 3 heteroatoms. The van der Waals surface area contributed by atoms with Crippen molar-refractivity contribution in [1.82, 2.24) is 4.98 Å². The van der Waals surface area contributed by atoms with E-state index in [0.717, 1.165) is 10.9 Å². The highest BCUT2D eigenvalue weighted by atomic mass is 19.1. The lowest BCUT2D eigenvalue weighted by Gasteiger charge is -2.10. The molecule has 0 saturated heterocycles. The first-order valence-corrected chi connectivity index (χ1v) is 4.94. The van der Waals surface area contributed by atoms with E-state index in [-0.39, 0.29) is 5.82 Å². The fourth-order valence-electron chi connectivity index (χ4n) is 1.66. The summed E-state index contributed by atoms with van der Waals surface area (Å²) in [5.41, 5.74) is 7.09. The Balaban J connectivity index is 2.76. The molecule has 0 bridgehead atoms. The maximum atomic E-state index is 13.4. The van der Waals surface area contributed by atoms with Crippen LogP contribution < -0.4 is 5.73 Å². The highest BCUT2D eigenvalue weighted by Crippen LogP contribution is 2.25. The smallest absolute Gasteiger partial charge is 0.149 e. The summed E-state index contributed by atoms with van der Waals surface area (Å²) < 4.78 is 13.4. The van der Waals surface area contributed by atoms with Crippen molar-refractivity contribution in [1.29, 1.82) is 0 Å². The zero-order valence-electron chi connectivity index (χ0n) is 8.79. The molecule has 2 nitrogen and oxygen atoms in total. The zero-order valence-corrected chi connectivity index (χ0v) is 8.79. The summed E-state index contributed by atoms with van der Waals surface area (Å²) in [6, 6.07) is 6.83. The Morgan fingerprint density at radius 2 is 2.07 bits per heavy atom. The van der Waals surface area contributed by atoms with E-state index in [9.17, 15) is 4.39 Å². The van der Waals surface area contributed by atoms with Gasteiger partial charge in [-0.05, 0) is 23.6 Å². The third-order valence-electron chi connectivity index (χ3n) is 2.48. The van der Waals surface area contributed by atoms with Crippen molar-refractivity contribution in [2.24, 2.45) is 0 Å². The fourth-order valence-corrected chi connectivity index (χ4v) is 1.66. The molecule has 0 saturated carbocycles. The van der Waals surface area contributed by atoms with Crippen molar-refractivity contribution in [3.05, 3.63) is 35.6 Å². The number of hydrogen-bond acceptors (Lipinski definition) is 2. The molecule has 0 amide bonds. The number of pyridine rings is 1. The Morgan fingerprint density at radius 1 is 1.33 bits per heavy atom. The largest absolute Gasteiger partial charge is 0.383 e. The average Bonchev–Trinajstić information content (AvgIpc) is 2.18. The number of nitrogen functional groups attached to an aromatic ring is 1. The molecule has 0 atom stereocenters. The summed E-state index contributed by atoms with van der Waals surface area (Å²) in [6.07, 6.45) is 0. The molecule has 1 aromatic heterocycles. The Labute approximate surface area is 87.9 Å². The predicted molar refractivity (Wildman–Crippen MR) is 60.2 cm³/mol. The molecular weight excluding hydrogens is 191 g/mol. The van der Waals surface area contributed by atoms with Crippen LogP contribution in [0.5, 0.6) is 0 Å². The van der Waals surface area contributed by atoms with Crippen LogP contribution in [0.3, 0.4) is 0 Å². The molecule has 15 heavy (non-hydrogen) atoms. The molecule has 2 rings (SSSR count). The van der Waals surface area contributed by atoms with Crippen LogP contribution in [0.25, 0.3) is 10.9 Å². The molecule has 78 valence electrons. The van der Waals surface area contributed by atoms with Gasteiger partial charge in [-0.15, -0.1) is 0 Å². The third-order valence-corrected chi connectivity index (χ3v) is 2.48. The number of benzene rings is 1. The van der Waals surface area contributed by atoms with E-state index in [2.05, 4.69) is 4.98 Å². The number of fused-ring (bicyclic) bond motifs is 1. The first kappa shape index (κ1) is 9.90. The lowest BCUT2D eigenvalue weighted by molar-refractivity contribution is 0.637. The van der Waals surface area contributed by atoms with Crippen LogP contribution in [0.4, 0.5) is 10.2 Å². The van der Waals surface area contributed by atoms with Crippen molar-refractivity contribution in [2.45, 2.75) is 19.8 Å². The van der Waals surface area contributed by atoms with E-state index in [0.29, 0.717) is 17.3 Å². The maximum absolute atomic E-state index is 13.4. The van der Waals surface area contributed by atoms with E-state index in [4.69, 9.17) is 5.73 Å². The highest BCUT2D eigenvalue weighted by Gasteiger charge is 2.09. The van der Waals surface area contributed by atoms with Gasteiger partial charge >= 0.3 is 0 Å². The number of nitrogens with two attached hydrogens (primary N) is 1. The molecule has 0 fully saturated rings. The van der Waals surface area contributed by atoms with Gasteiger partial charge in [-0.3, -0.25) is 0 Å². The van der Waals surface area contributed by atoms with Gasteiger partial charge in [0.1, 0.15) is 17.2 Å². The second kappa shape index (κ2) is 3.50. The molecule has 2 N–H and O–H groups in total. The van der Waals surface area contributed by atoms with Gasteiger partial charge in [-0.2, -0.15) is 0 Å². The Kier molecular flexibility index (Phi) is 2.31. The minimum Gasteiger partial charge on any atom is -0.383 e. The van der Waals surface area contributed by atoms with Gasteiger partial charge in [-0.25, -0.2) is 9.37 Å². The van der Waals surface area contributed by atoms with Gasteiger partial charge in [0.25, 0.3) is 0 Å². The lowest BCUT2D eigenvalue weighted by atomic mass is 10.0. The number of anilines is 1. The standard InChI is InChI=1S/C12H13FN2/c1-7(2)9-6-8-4-3-5-10(13)11(8)15-12(9)14/h3-7H,1-2H3,(H2,14,15). The Hall–Kier alpha value is -1.64. The molecule has 2 aromatic rings. The second-order valence-corrected chi connectivity index (χ2v) is 3.93. The predicted octanol–water partition coefficient (Wildman–Crippen LogP) is 3.08. The number of nitrogens with zero attached hydrogens (tertiary/aromatic N) is 1. The molecule has 0 unspecified atom stereocenters. The second-order valence-electron chi connectivity index (χ2n) is 3.93. The fraction of sp³-hybridized carbons (Fsp3) is 0.250. The summed E-state index contributed by atoms with van der Waals surface area (Å²) in [5.74, 6) is 0.391. The van der Waals surface area contributed by atoms with E-state index < -0.39 is 0 Å². The van der Waals surface area contributed by atoms with E-state index in [1.165, 1.54) is 6.07 Å². The SMILES string of the molecule is CC(C)c1cc2cccc(F)c2nc1N. The summed E-state index contributed by atoms with van der Waals surface area (Å²) in [7, 11) is 0. The zero-order chi connectivity index (χ0) is 11.0. The number of para-hydroxylation sites is 1.